The molecule has 0 bridgehead atoms. The predicted octanol–water partition coefficient (Wildman–Crippen LogP) is 1.78. The van der Waals surface area contributed by atoms with E-state index in [0.717, 1.165) is 25.4 Å². The summed E-state index contributed by atoms with van der Waals surface area (Å²) in [6, 6.07) is 0.771. The van der Waals surface area contributed by atoms with E-state index in [4.69, 9.17) is 0 Å². The van der Waals surface area contributed by atoms with Crippen LogP contribution in [0.15, 0.2) is 0 Å². The molecule has 96 valence electrons. The largest absolute Gasteiger partial charge is 0.341 e. The van der Waals surface area contributed by atoms with E-state index in [9.17, 15) is 4.79 Å². The highest BCUT2D eigenvalue weighted by molar-refractivity contribution is 5.82. The van der Waals surface area contributed by atoms with Crippen molar-refractivity contribution in [3.8, 4) is 0 Å². The molecular formula is C14H24N2O. The van der Waals surface area contributed by atoms with Crippen LogP contribution in [0.2, 0.25) is 0 Å². The van der Waals surface area contributed by atoms with Gasteiger partial charge in [0.25, 0.3) is 0 Å². The van der Waals surface area contributed by atoms with Crippen LogP contribution in [0.1, 0.15) is 45.4 Å². The molecule has 17 heavy (non-hydrogen) atoms. The predicted molar refractivity (Wildman–Crippen MR) is 67.6 cm³/mol. The van der Waals surface area contributed by atoms with Gasteiger partial charge in [0.15, 0.2) is 0 Å². The molecule has 3 heteroatoms. The molecule has 3 nitrogen and oxygen atoms in total. The first-order valence-electron chi connectivity index (χ1n) is 7.29. The number of piperidine rings is 1. The van der Waals surface area contributed by atoms with E-state index in [1.165, 1.54) is 32.1 Å². The van der Waals surface area contributed by atoms with Gasteiger partial charge in [-0.15, -0.1) is 0 Å². The second-order valence-electron chi connectivity index (χ2n) is 6.23. The first kappa shape index (κ1) is 11.5. The number of nitrogens with one attached hydrogen (secondary N) is 1. The van der Waals surface area contributed by atoms with Crippen molar-refractivity contribution >= 4 is 5.91 Å². The number of hydrogen-bond donors (Lipinski definition) is 1. The van der Waals surface area contributed by atoms with Crippen molar-refractivity contribution in [1.82, 2.24) is 10.2 Å². The quantitative estimate of drug-likeness (QED) is 0.789. The van der Waals surface area contributed by atoms with Crippen molar-refractivity contribution < 1.29 is 4.79 Å². The van der Waals surface area contributed by atoms with Gasteiger partial charge in [-0.25, -0.2) is 0 Å². The lowest BCUT2D eigenvalue weighted by Crippen LogP contribution is -2.52. The minimum Gasteiger partial charge on any atom is -0.341 e. The highest BCUT2D eigenvalue weighted by Crippen LogP contribution is 2.37. The Labute approximate surface area is 104 Å². The van der Waals surface area contributed by atoms with Crippen LogP contribution in [0.5, 0.6) is 0 Å². The van der Waals surface area contributed by atoms with Crippen molar-refractivity contribution in [3.05, 3.63) is 0 Å². The highest BCUT2D eigenvalue weighted by atomic mass is 16.2. The molecular weight excluding hydrogens is 212 g/mol. The molecule has 0 aromatic heterocycles. The molecule has 0 aromatic carbocycles. The summed E-state index contributed by atoms with van der Waals surface area (Å²) in [5.41, 5.74) is 0. The monoisotopic (exact) mass is 236 g/mol. The van der Waals surface area contributed by atoms with Gasteiger partial charge in [-0.2, -0.15) is 0 Å². The van der Waals surface area contributed by atoms with Gasteiger partial charge in [0.2, 0.25) is 5.91 Å². The van der Waals surface area contributed by atoms with Gasteiger partial charge >= 0.3 is 0 Å². The lowest BCUT2D eigenvalue weighted by Gasteiger charge is -2.34. The van der Waals surface area contributed by atoms with Crippen molar-refractivity contribution in [1.29, 1.82) is 0 Å². The standard InChI is InChI=1S/C14H24N2O/c1-10(11-4-5-11)9-16-8-2-3-13(14(16)17)15-12-6-7-12/h10-13,15H,2-9H2,1H3. The number of hydrogen-bond acceptors (Lipinski definition) is 2. The lowest BCUT2D eigenvalue weighted by atomic mass is 10.0. The summed E-state index contributed by atoms with van der Waals surface area (Å²) < 4.78 is 0. The van der Waals surface area contributed by atoms with Crippen molar-refractivity contribution in [2.24, 2.45) is 11.8 Å². The molecule has 1 saturated heterocycles. The summed E-state index contributed by atoms with van der Waals surface area (Å²) >= 11 is 0. The molecule has 2 saturated carbocycles. The number of carbonyl (C=O) groups is 1. The van der Waals surface area contributed by atoms with E-state index in [1.54, 1.807) is 0 Å². The van der Waals surface area contributed by atoms with Crippen LogP contribution in [0.4, 0.5) is 0 Å². The Morgan fingerprint density at radius 3 is 2.71 bits per heavy atom. The lowest BCUT2D eigenvalue weighted by molar-refractivity contribution is -0.136. The molecule has 0 aromatic rings. The normalized spacial score (nSPS) is 31.7. The molecule has 1 aliphatic heterocycles. The summed E-state index contributed by atoms with van der Waals surface area (Å²) in [5.74, 6) is 1.98. The molecule has 1 heterocycles. The summed E-state index contributed by atoms with van der Waals surface area (Å²) in [6.07, 6.45) is 7.52. The van der Waals surface area contributed by atoms with Crippen molar-refractivity contribution in [3.63, 3.8) is 0 Å². The summed E-state index contributed by atoms with van der Waals surface area (Å²) in [4.78, 5) is 14.4. The second-order valence-corrected chi connectivity index (χ2v) is 6.23. The van der Waals surface area contributed by atoms with Gasteiger partial charge in [0.05, 0.1) is 6.04 Å². The van der Waals surface area contributed by atoms with Gasteiger partial charge in [-0.3, -0.25) is 4.79 Å². The first-order chi connectivity index (χ1) is 8.24. The minimum absolute atomic E-state index is 0.127. The third kappa shape index (κ3) is 2.82. The Bertz CT molecular complexity index is 297. The Hall–Kier alpha value is -0.570. The van der Waals surface area contributed by atoms with Crippen LogP contribution in [-0.2, 0) is 4.79 Å². The van der Waals surface area contributed by atoms with E-state index in [2.05, 4.69) is 17.1 Å². The van der Waals surface area contributed by atoms with E-state index in [1.807, 2.05) is 0 Å². The number of likely N-dealkylation sites (tertiary alicyclic amines) is 1. The topological polar surface area (TPSA) is 32.3 Å². The fourth-order valence-electron chi connectivity index (χ4n) is 2.97. The zero-order valence-corrected chi connectivity index (χ0v) is 10.8. The van der Waals surface area contributed by atoms with E-state index < -0.39 is 0 Å². The fourth-order valence-corrected chi connectivity index (χ4v) is 2.97. The summed E-state index contributed by atoms with van der Waals surface area (Å²) in [7, 11) is 0. The van der Waals surface area contributed by atoms with Gasteiger partial charge in [-0.1, -0.05) is 6.92 Å². The Kier molecular flexibility index (Phi) is 3.12. The maximum atomic E-state index is 12.3. The maximum absolute atomic E-state index is 12.3. The average molecular weight is 236 g/mol. The van der Waals surface area contributed by atoms with Crippen LogP contribution < -0.4 is 5.32 Å². The van der Waals surface area contributed by atoms with Gasteiger partial charge < -0.3 is 10.2 Å². The Morgan fingerprint density at radius 1 is 1.29 bits per heavy atom. The van der Waals surface area contributed by atoms with Crippen LogP contribution in [0.25, 0.3) is 0 Å². The van der Waals surface area contributed by atoms with Crippen molar-refractivity contribution in [2.45, 2.75) is 57.5 Å². The molecule has 3 aliphatic rings. The SMILES string of the molecule is CC(CN1CCCC(NC2CC2)C1=O)C1CC1. The van der Waals surface area contributed by atoms with Gasteiger partial charge in [-0.05, 0) is 50.4 Å². The molecule has 3 fully saturated rings. The molecule has 1 N–H and O–H groups in total. The van der Waals surface area contributed by atoms with Crippen LogP contribution >= 0.6 is 0 Å². The Morgan fingerprint density at radius 2 is 2.06 bits per heavy atom. The minimum atomic E-state index is 0.127. The Balaban J connectivity index is 1.53. The van der Waals surface area contributed by atoms with Gasteiger partial charge in [0.1, 0.15) is 0 Å². The van der Waals surface area contributed by atoms with E-state index in [0.29, 0.717) is 17.9 Å². The smallest absolute Gasteiger partial charge is 0.239 e. The molecule has 3 rings (SSSR count). The molecule has 2 unspecified atom stereocenters. The molecule has 0 radical (unpaired) electrons. The summed E-state index contributed by atoms with van der Waals surface area (Å²) in [5, 5.41) is 3.50. The van der Waals surface area contributed by atoms with Gasteiger partial charge in [0, 0.05) is 19.1 Å². The molecule has 0 spiro atoms. The average Bonchev–Trinajstić information content (AvgIpc) is 3.15. The number of rotatable bonds is 5. The third-order valence-corrected chi connectivity index (χ3v) is 4.48. The summed E-state index contributed by atoms with van der Waals surface area (Å²) in [6.45, 7) is 4.29. The first-order valence-corrected chi connectivity index (χ1v) is 7.29. The van der Waals surface area contributed by atoms with Crippen molar-refractivity contribution in [2.75, 3.05) is 13.1 Å². The van der Waals surface area contributed by atoms with E-state index >= 15 is 0 Å². The third-order valence-electron chi connectivity index (χ3n) is 4.48. The molecule has 1 amide bonds. The van der Waals surface area contributed by atoms with Crippen LogP contribution in [0.3, 0.4) is 0 Å². The highest BCUT2D eigenvalue weighted by Gasteiger charge is 2.35. The molecule has 2 aliphatic carbocycles. The number of carbonyl (C=O) groups excluding carboxylic acids is 1. The number of nitrogens with zero attached hydrogens (tertiary/aromatic N) is 1. The fraction of sp³-hybridized carbons (Fsp3) is 0.929. The number of amides is 1. The zero-order chi connectivity index (χ0) is 11.8. The molecule has 2 atom stereocenters. The second kappa shape index (κ2) is 4.60. The van der Waals surface area contributed by atoms with Crippen LogP contribution in [-0.4, -0.2) is 36.0 Å². The zero-order valence-electron chi connectivity index (χ0n) is 10.8. The van der Waals surface area contributed by atoms with E-state index in [-0.39, 0.29) is 6.04 Å². The maximum Gasteiger partial charge on any atom is 0.239 e. The van der Waals surface area contributed by atoms with Crippen LogP contribution in [0, 0.1) is 11.8 Å².